The Balaban J connectivity index is 1.97. The number of aromatic nitrogens is 1. The molecule has 0 bridgehead atoms. The number of hydrogen-bond acceptors (Lipinski definition) is 3. The molecule has 2 N–H and O–H groups in total. The number of nitrogens with zero attached hydrogens (tertiary/aromatic N) is 2. The van der Waals surface area contributed by atoms with Gasteiger partial charge in [0, 0.05) is 38.1 Å². The molecule has 1 aromatic heterocycles. The molecule has 14 heavy (non-hydrogen) atoms. The topological polar surface area (TPSA) is 42.2 Å². The molecule has 1 aliphatic rings. The van der Waals surface area contributed by atoms with Gasteiger partial charge in [-0.1, -0.05) is 6.07 Å². The summed E-state index contributed by atoms with van der Waals surface area (Å²) < 4.78 is 0. The number of rotatable bonds is 3. The molecular weight excluding hydrogens is 174 g/mol. The number of likely N-dealkylation sites (tertiary alicyclic amines) is 1. The lowest BCUT2D eigenvalue weighted by Crippen LogP contribution is -2.50. The average molecular weight is 191 g/mol. The molecular formula is C11H17N3. The van der Waals surface area contributed by atoms with E-state index in [0.29, 0.717) is 6.04 Å². The average Bonchev–Trinajstić information content (AvgIpc) is 2.14. The number of aryl methyl sites for hydroxylation is 1. The van der Waals surface area contributed by atoms with Gasteiger partial charge < -0.3 is 5.73 Å². The lowest BCUT2D eigenvalue weighted by atomic mass is 10.0. The molecule has 3 heteroatoms. The van der Waals surface area contributed by atoms with Crippen molar-refractivity contribution in [2.45, 2.75) is 25.9 Å². The van der Waals surface area contributed by atoms with E-state index in [1.807, 2.05) is 12.4 Å². The molecule has 0 aromatic carbocycles. The smallest absolute Gasteiger partial charge is 0.0313 e. The Hall–Kier alpha value is -0.930. The van der Waals surface area contributed by atoms with Crippen molar-refractivity contribution in [1.29, 1.82) is 0 Å². The van der Waals surface area contributed by atoms with Gasteiger partial charge >= 0.3 is 0 Å². The van der Waals surface area contributed by atoms with Crippen LogP contribution in [0.4, 0.5) is 0 Å². The van der Waals surface area contributed by atoms with Crippen molar-refractivity contribution in [2.75, 3.05) is 13.1 Å². The maximum atomic E-state index is 5.65. The SMILES string of the molecule is Cc1cncc(CN2CCC2CN)c1. The maximum absolute atomic E-state index is 5.65. The van der Waals surface area contributed by atoms with Crippen molar-refractivity contribution in [3.8, 4) is 0 Å². The van der Waals surface area contributed by atoms with E-state index in [4.69, 9.17) is 5.73 Å². The van der Waals surface area contributed by atoms with Gasteiger partial charge in [0.15, 0.2) is 0 Å². The second-order valence-corrected chi connectivity index (χ2v) is 4.02. The minimum Gasteiger partial charge on any atom is -0.329 e. The van der Waals surface area contributed by atoms with Crippen LogP contribution in [0.1, 0.15) is 17.5 Å². The minimum atomic E-state index is 0.593. The van der Waals surface area contributed by atoms with Crippen LogP contribution in [0.2, 0.25) is 0 Å². The summed E-state index contributed by atoms with van der Waals surface area (Å²) in [4.78, 5) is 6.60. The van der Waals surface area contributed by atoms with E-state index in [1.54, 1.807) is 0 Å². The van der Waals surface area contributed by atoms with Crippen LogP contribution in [0.5, 0.6) is 0 Å². The zero-order valence-corrected chi connectivity index (χ0v) is 8.61. The summed E-state index contributed by atoms with van der Waals surface area (Å²) in [6.07, 6.45) is 5.08. The summed E-state index contributed by atoms with van der Waals surface area (Å²) in [5.74, 6) is 0. The van der Waals surface area contributed by atoms with Crippen molar-refractivity contribution < 1.29 is 0 Å². The Bertz CT molecular complexity index is 309. The highest BCUT2D eigenvalue weighted by Crippen LogP contribution is 2.19. The molecule has 3 nitrogen and oxygen atoms in total. The minimum absolute atomic E-state index is 0.593. The summed E-state index contributed by atoms with van der Waals surface area (Å²) in [5.41, 5.74) is 8.17. The molecule has 1 fully saturated rings. The van der Waals surface area contributed by atoms with Crippen molar-refractivity contribution in [2.24, 2.45) is 5.73 Å². The molecule has 0 saturated carbocycles. The highest BCUT2D eigenvalue weighted by molar-refractivity contribution is 5.16. The fourth-order valence-electron chi connectivity index (χ4n) is 1.91. The summed E-state index contributed by atoms with van der Waals surface area (Å²) in [5, 5.41) is 0. The second-order valence-electron chi connectivity index (χ2n) is 4.02. The summed E-state index contributed by atoms with van der Waals surface area (Å²) in [7, 11) is 0. The third kappa shape index (κ3) is 1.94. The Labute approximate surface area is 84.9 Å². The molecule has 1 atom stereocenters. The van der Waals surface area contributed by atoms with Crippen LogP contribution in [0.25, 0.3) is 0 Å². The maximum Gasteiger partial charge on any atom is 0.0313 e. The first-order valence-corrected chi connectivity index (χ1v) is 5.14. The summed E-state index contributed by atoms with van der Waals surface area (Å²) in [6.45, 7) is 5.03. The second kappa shape index (κ2) is 4.07. The van der Waals surface area contributed by atoms with Crippen molar-refractivity contribution >= 4 is 0 Å². The van der Waals surface area contributed by atoms with Crippen molar-refractivity contribution in [1.82, 2.24) is 9.88 Å². The van der Waals surface area contributed by atoms with E-state index >= 15 is 0 Å². The number of nitrogens with two attached hydrogens (primary N) is 1. The predicted octanol–water partition coefficient (Wildman–Crippen LogP) is 0.923. The van der Waals surface area contributed by atoms with Crippen molar-refractivity contribution in [3.63, 3.8) is 0 Å². The lowest BCUT2D eigenvalue weighted by Gasteiger charge is -2.40. The van der Waals surface area contributed by atoms with Gasteiger partial charge in [0.25, 0.3) is 0 Å². The normalized spacial score (nSPS) is 22.0. The molecule has 0 aliphatic carbocycles. The van der Waals surface area contributed by atoms with Crippen molar-refractivity contribution in [3.05, 3.63) is 29.6 Å². The highest BCUT2D eigenvalue weighted by Gasteiger charge is 2.25. The van der Waals surface area contributed by atoms with E-state index in [0.717, 1.165) is 13.1 Å². The third-order valence-corrected chi connectivity index (χ3v) is 2.86. The summed E-state index contributed by atoms with van der Waals surface area (Å²) in [6, 6.07) is 2.79. The molecule has 1 aromatic rings. The third-order valence-electron chi connectivity index (χ3n) is 2.86. The van der Waals surface area contributed by atoms with Crippen LogP contribution in [0.15, 0.2) is 18.5 Å². The van der Waals surface area contributed by atoms with Crippen LogP contribution < -0.4 is 5.73 Å². The first-order chi connectivity index (χ1) is 6.79. The van der Waals surface area contributed by atoms with Gasteiger partial charge in [-0.15, -0.1) is 0 Å². The standard InChI is InChI=1S/C11H17N3/c1-9-4-10(7-13-6-9)8-14-3-2-11(14)5-12/h4,6-7,11H,2-3,5,8,12H2,1H3. The predicted molar refractivity (Wildman–Crippen MR) is 56.8 cm³/mol. The van der Waals surface area contributed by atoms with Crippen LogP contribution >= 0.6 is 0 Å². The van der Waals surface area contributed by atoms with Crippen LogP contribution in [-0.4, -0.2) is 29.0 Å². The van der Waals surface area contributed by atoms with E-state index in [1.165, 1.54) is 24.1 Å². The molecule has 0 spiro atoms. The largest absolute Gasteiger partial charge is 0.329 e. The zero-order chi connectivity index (χ0) is 9.97. The van der Waals surface area contributed by atoms with Gasteiger partial charge in [-0.2, -0.15) is 0 Å². The Morgan fingerprint density at radius 3 is 3.00 bits per heavy atom. The molecule has 1 saturated heterocycles. The molecule has 2 rings (SSSR count). The van der Waals surface area contributed by atoms with Gasteiger partial charge in [-0.3, -0.25) is 9.88 Å². The highest BCUT2D eigenvalue weighted by atomic mass is 15.2. The van der Waals surface area contributed by atoms with Gasteiger partial charge in [0.2, 0.25) is 0 Å². The Morgan fingerprint density at radius 2 is 2.43 bits per heavy atom. The van der Waals surface area contributed by atoms with Crippen LogP contribution in [0, 0.1) is 6.92 Å². The lowest BCUT2D eigenvalue weighted by molar-refractivity contribution is 0.0881. The Kier molecular flexibility index (Phi) is 2.79. The van der Waals surface area contributed by atoms with E-state index in [2.05, 4.69) is 22.9 Å². The Morgan fingerprint density at radius 1 is 1.57 bits per heavy atom. The van der Waals surface area contributed by atoms with Gasteiger partial charge in [-0.05, 0) is 24.5 Å². The monoisotopic (exact) mass is 191 g/mol. The zero-order valence-electron chi connectivity index (χ0n) is 8.61. The quantitative estimate of drug-likeness (QED) is 0.772. The van der Waals surface area contributed by atoms with Crippen LogP contribution in [0.3, 0.4) is 0 Å². The first-order valence-electron chi connectivity index (χ1n) is 5.14. The fraction of sp³-hybridized carbons (Fsp3) is 0.545. The first kappa shape index (κ1) is 9.62. The molecule has 0 radical (unpaired) electrons. The number of pyridine rings is 1. The molecule has 76 valence electrons. The molecule has 0 amide bonds. The van der Waals surface area contributed by atoms with E-state index in [9.17, 15) is 0 Å². The van der Waals surface area contributed by atoms with Gasteiger partial charge in [0.05, 0.1) is 0 Å². The van der Waals surface area contributed by atoms with Crippen LogP contribution in [-0.2, 0) is 6.54 Å². The molecule has 2 heterocycles. The van der Waals surface area contributed by atoms with E-state index in [-0.39, 0.29) is 0 Å². The molecule has 1 unspecified atom stereocenters. The summed E-state index contributed by atoms with van der Waals surface area (Å²) >= 11 is 0. The molecule has 1 aliphatic heterocycles. The van der Waals surface area contributed by atoms with E-state index < -0.39 is 0 Å². The van der Waals surface area contributed by atoms with Gasteiger partial charge in [0.1, 0.15) is 0 Å². The fourth-order valence-corrected chi connectivity index (χ4v) is 1.91. The van der Waals surface area contributed by atoms with Gasteiger partial charge in [-0.25, -0.2) is 0 Å². The number of hydrogen-bond donors (Lipinski definition) is 1.